The van der Waals surface area contributed by atoms with E-state index in [4.69, 9.17) is 5.11 Å². The highest BCUT2D eigenvalue weighted by molar-refractivity contribution is 5.97. The van der Waals surface area contributed by atoms with Crippen LogP contribution < -0.4 is 5.32 Å². The fourth-order valence-corrected chi connectivity index (χ4v) is 1.63. The number of nitrogens with one attached hydrogen (secondary N) is 1. The van der Waals surface area contributed by atoms with Crippen molar-refractivity contribution in [2.45, 2.75) is 32.7 Å². The predicted octanol–water partition coefficient (Wildman–Crippen LogP) is 1.68. The van der Waals surface area contributed by atoms with Gasteiger partial charge in [-0.3, -0.25) is 9.59 Å². The molecule has 0 aromatic heterocycles. The van der Waals surface area contributed by atoms with Crippen LogP contribution >= 0.6 is 0 Å². The molecule has 1 aromatic rings. The first-order chi connectivity index (χ1) is 8.21. The lowest BCUT2D eigenvalue weighted by molar-refractivity contribution is -0.138. The van der Waals surface area contributed by atoms with Crippen LogP contribution in [0, 0.1) is 6.92 Å². The van der Waals surface area contributed by atoms with Gasteiger partial charge in [-0.05, 0) is 38.5 Å². The maximum Gasteiger partial charge on any atom is 0.305 e. The average molecular weight is 251 g/mol. The number of hydrogen-bond acceptors (Lipinski definition) is 3. The van der Waals surface area contributed by atoms with E-state index in [-0.39, 0.29) is 17.7 Å². The summed E-state index contributed by atoms with van der Waals surface area (Å²) in [6.07, 6.45) is -0.189. The van der Waals surface area contributed by atoms with Crippen molar-refractivity contribution in [2.75, 3.05) is 0 Å². The number of aliphatic carboxylic acids is 1. The molecule has 1 amide bonds. The van der Waals surface area contributed by atoms with E-state index in [1.54, 1.807) is 26.8 Å². The fourth-order valence-electron chi connectivity index (χ4n) is 1.63. The Kier molecular flexibility index (Phi) is 3.96. The van der Waals surface area contributed by atoms with Crippen LogP contribution in [0.15, 0.2) is 18.2 Å². The second-order valence-corrected chi connectivity index (χ2v) is 4.93. The number of rotatable bonds is 4. The maximum atomic E-state index is 11.9. The molecule has 0 unspecified atom stereocenters. The number of aromatic hydroxyl groups is 1. The standard InChI is InChI=1S/C13H17NO4/c1-8-4-5-9(10(15)6-8)12(18)14-13(2,3)7-11(16)17/h4-6,15H,7H2,1-3H3,(H,14,18)(H,16,17). The van der Waals surface area contributed by atoms with Crippen molar-refractivity contribution in [1.82, 2.24) is 5.32 Å². The maximum absolute atomic E-state index is 11.9. The summed E-state index contributed by atoms with van der Waals surface area (Å²) in [4.78, 5) is 22.6. The number of carbonyl (C=O) groups excluding carboxylic acids is 1. The summed E-state index contributed by atoms with van der Waals surface area (Å²) >= 11 is 0. The van der Waals surface area contributed by atoms with E-state index in [1.165, 1.54) is 12.1 Å². The molecule has 18 heavy (non-hydrogen) atoms. The Morgan fingerprint density at radius 3 is 2.44 bits per heavy atom. The zero-order valence-electron chi connectivity index (χ0n) is 10.7. The zero-order chi connectivity index (χ0) is 13.9. The van der Waals surface area contributed by atoms with Crippen molar-refractivity contribution in [3.8, 4) is 5.75 Å². The number of amides is 1. The third kappa shape index (κ3) is 3.76. The van der Waals surface area contributed by atoms with Gasteiger partial charge in [0.1, 0.15) is 5.75 Å². The molecule has 0 aliphatic rings. The molecule has 1 aromatic carbocycles. The molecule has 0 spiro atoms. The van der Waals surface area contributed by atoms with E-state index in [0.717, 1.165) is 5.56 Å². The molecule has 0 aliphatic heterocycles. The molecule has 0 bridgehead atoms. The number of hydrogen-bond donors (Lipinski definition) is 3. The highest BCUT2D eigenvalue weighted by atomic mass is 16.4. The Balaban J connectivity index is 2.85. The summed E-state index contributed by atoms with van der Waals surface area (Å²) in [7, 11) is 0. The van der Waals surface area contributed by atoms with E-state index in [1.807, 2.05) is 0 Å². The van der Waals surface area contributed by atoms with Gasteiger partial charge in [-0.2, -0.15) is 0 Å². The SMILES string of the molecule is Cc1ccc(C(=O)NC(C)(C)CC(=O)O)c(O)c1. The van der Waals surface area contributed by atoms with Crippen LogP contribution in [0.4, 0.5) is 0 Å². The monoisotopic (exact) mass is 251 g/mol. The number of carbonyl (C=O) groups is 2. The first-order valence-corrected chi connectivity index (χ1v) is 5.55. The Morgan fingerprint density at radius 1 is 1.33 bits per heavy atom. The number of carboxylic acids is 1. The highest BCUT2D eigenvalue weighted by Crippen LogP contribution is 2.19. The normalized spacial score (nSPS) is 11.1. The van der Waals surface area contributed by atoms with Gasteiger partial charge < -0.3 is 15.5 Å². The molecule has 1 rings (SSSR count). The largest absolute Gasteiger partial charge is 0.507 e. The average Bonchev–Trinajstić information content (AvgIpc) is 2.13. The topological polar surface area (TPSA) is 86.6 Å². The number of benzene rings is 1. The van der Waals surface area contributed by atoms with E-state index in [9.17, 15) is 14.7 Å². The summed E-state index contributed by atoms with van der Waals surface area (Å²) in [5.41, 5.74) is 0.105. The highest BCUT2D eigenvalue weighted by Gasteiger charge is 2.25. The molecule has 0 saturated carbocycles. The first kappa shape index (κ1) is 14.0. The Morgan fingerprint density at radius 2 is 1.94 bits per heavy atom. The van der Waals surface area contributed by atoms with E-state index < -0.39 is 17.4 Å². The van der Waals surface area contributed by atoms with Gasteiger partial charge in [0.2, 0.25) is 0 Å². The molecule has 3 N–H and O–H groups in total. The van der Waals surface area contributed by atoms with Gasteiger partial charge >= 0.3 is 5.97 Å². The lowest BCUT2D eigenvalue weighted by atomic mass is 10.00. The first-order valence-electron chi connectivity index (χ1n) is 5.55. The number of aryl methyl sites for hydroxylation is 1. The number of phenols is 1. The molecule has 0 saturated heterocycles. The lowest BCUT2D eigenvalue weighted by Gasteiger charge is -2.24. The van der Waals surface area contributed by atoms with E-state index in [0.29, 0.717) is 0 Å². The van der Waals surface area contributed by atoms with Crippen LogP contribution in [0.3, 0.4) is 0 Å². The number of phenolic OH excluding ortho intramolecular Hbond substituents is 1. The second-order valence-electron chi connectivity index (χ2n) is 4.93. The van der Waals surface area contributed by atoms with Crippen molar-refractivity contribution in [3.05, 3.63) is 29.3 Å². The molecular weight excluding hydrogens is 234 g/mol. The fraction of sp³-hybridized carbons (Fsp3) is 0.385. The van der Waals surface area contributed by atoms with Gasteiger partial charge in [-0.15, -0.1) is 0 Å². The lowest BCUT2D eigenvalue weighted by Crippen LogP contribution is -2.44. The molecular formula is C13H17NO4. The smallest absolute Gasteiger partial charge is 0.305 e. The van der Waals surface area contributed by atoms with Crippen molar-refractivity contribution < 1.29 is 19.8 Å². The van der Waals surface area contributed by atoms with Crippen LogP contribution in [-0.4, -0.2) is 27.6 Å². The summed E-state index contributed by atoms with van der Waals surface area (Å²) < 4.78 is 0. The Bertz CT molecular complexity index is 480. The van der Waals surface area contributed by atoms with Gasteiger partial charge in [0.05, 0.1) is 12.0 Å². The third-order valence-electron chi connectivity index (χ3n) is 2.44. The van der Waals surface area contributed by atoms with E-state index in [2.05, 4.69) is 5.32 Å². The molecule has 0 radical (unpaired) electrons. The van der Waals surface area contributed by atoms with Gasteiger partial charge in [0.25, 0.3) is 5.91 Å². The minimum atomic E-state index is -0.992. The Labute approximate surface area is 105 Å². The van der Waals surface area contributed by atoms with Crippen LogP contribution in [0.1, 0.15) is 36.2 Å². The van der Waals surface area contributed by atoms with Crippen molar-refractivity contribution in [3.63, 3.8) is 0 Å². The van der Waals surface area contributed by atoms with Crippen molar-refractivity contribution >= 4 is 11.9 Å². The van der Waals surface area contributed by atoms with Crippen LogP contribution in [0.2, 0.25) is 0 Å². The summed E-state index contributed by atoms with van der Waals surface area (Å²) in [5, 5.41) is 21.0. The summed E-state index contributed by atoms with van der Waals surface area (Å²) in [5.74, 6) is -1.59. The number of carboxylic acid groups (broad SMARTS) is 1. The molecule has 0 fully saturated rings. The molecule has 0 heterocycles. The zero-order valence-corrected chi connectivity index (χ0v) is 10.7. The van der Waals surface area contributed by atoms with E-state index >= 15 is 0 Å². The van der Waals surface area contributed by atoms with Gasteiger partial charge in [0, 0.05) is 5.54 Å². The van der Waals surface area contributed by atoms with Crippen LogP contribution in [-0.2, 0) is 4.79 Å². The quantitative estimate of drug-likeness (QED) is 0.760. The second kappa shape index (κ2) is 5.08. The predicted molar refractivity (Wildman–Crippen MR) is 66.6 cm³/mol. The molecule has 5 heteroatoms. The van der Waals surface area contributed by atoms with Gasteiger partial charge in [-0.1, -0.05) is 6.07 Å². The molecule has 5 nitrogen and oxygen atoms in total. The molecule has 98 valence electrons. The Hall–Kier alpha value is -2.04. The van der Waals surface area contributed by atoms with Crippen LogP contribution in [0.5, 0.6) is 5.75 Å². The minimum absolute atomic E-state index is 0.112. The summed E-state index contributed by atoms with van der Waals surface area (Å²) in [6, 6.07) is 4.70. The third-order valence-corrected chi connectivity index (χ3v) is 2.44. The van der Waals surface area contributed by atoms with Crippen molar-refractivity contribution in [1.29, 1.82) is 0 Å². The van der Waals surface area contributed by atoms with Crippen molar-refractivity contribution in [2.24, 2.45) is 0 Å². The van der Waals surface area contributed by atoms with Gasteiger partial charge in [0.15, 0.2) is 0 Å². The van der Waals surface area contributed by atoms with Gasteiger partial charge in [-0.25, -0.2) is 0 Å². The molecule has 0 atom stereocenters. The molecule has 0 aliphatic carbocycles. The minimum Gasteiger partial charge on any atom is -0.507 e. The summed E-state index contributed by atoms with van der Waals surface area (Å²) in [6.45, 7) is 5.03. The van der Waals surface area contributed by atoms with Crippen LogP contribution in [0.25, 0.3) is 0 Å².